The van der Waals surface area contributed by atoms with Gasteiger partial charge in [-0.3, -0.25) is 14.4 Å². The zero-order valence-electron chi connectivity index (χ0n) is 47.1. The van der Waals surface area contributed by atoms with Crippen LogP contribution in [0.1, 0.15) is 335 Å². The third kappa shape index (κ3) is 56.5. The lowest BCUT2D eigenvalue weighted by atomic mass is 10.0. The molecule has 410 valence electrons. The molecule has 0 amide bonds. The molecular weight excluding hydrogens is 865 g/mol. The Morgan fingerprint density at radius 3 is 0.829 bits per heavy atom. The summed E-state index contributed by atoms with van der Waals surface area (Å²) < 4.78 is 16.7. The summed E-state index contributed by atoms with van der Waals surface area (Å²) in [5.41, 5.74) is 0. The molecule has 0 saturated heterocycles. The second kappa shape index (κ2) is 59.2. The van der Waals surface area contributed by atoms with Crippen LogP contribution in [0, 0.1) is 0 Å². The fourth-order valence-electron chi connectivity index (χ4n) is 9.18. The van der Waals surface area contributed by atoms with Crippen LogP contribution >= 0.6 is 0 Å². The van der Waals surface area contributed by atoms with Crippen LogP contribution in [0.25, 0.3) is 0 Å². The lowest BCUT2D eigenvalue weighted by Gasteiger charge is -2.18. The minimum Gasteiger partial charge on any atom is -0.462 e. The summed E-state index contributed by atoms with van der Waals surface area (Å²) in [6, 6.07) is 0. The highest BCUT2D eigenvalue weighted by atomic mass is 16.6. The minimum atomic E-state index is -0.768. The standard InChI is InChI=1S/C64H118O6/c1-4-7-10-13-15-17-19-21-22-23-24-25-26-27-28-29-30-31-32-33-34-35-36-37-38-39-40-41-42-43-45-46-48-51-54-57-63(66)69-60-61(59-68-62(65)56-53-50-12-9-6-3)70-64(67)58-55-52-49-47-44-20-18-16-14-11-8-5-2/h16,18-19,21,23-24,61H,4-15,17,20,22,25-60H2,1-3H3/b18-16-,21-19-,24-23-. The number of allylic oxidation sites excluding steroid dienone is 6. The van der Waals surface area contributed by atoms with E-state index in [1.165, 1.54) is 218 Å². The smallest absolute Gasteiger partial charge is 0.306 e. The first-order valence-corrected chi connectivity index (χ1v) is 31.0. The number of unbranched alkanes of at least 4 members (excludes halogenated alkanes) is 40. The Morgan fingerprint density at radius 1 is 0.286 bits per heavy atom. The van der Waals surface area contributed by atoms with Gasteiger partial charge in [0.1, 0.15) is 13.2 Å². The molecule has 1 atom stereocenters. The van der Waals surface area contributed by atoms with Crippen molar-refractivity contribution in [2.45, 2.75) is 341 Å². The predicted molar refractivity (Wildman–Crippen MR) is 302 cm³/mol. The van der Waals surface area contributed by atoms with Crippen LogP contribution in [0.3, 0.4) is 0 Å². The van der Waals surface area contributed by atoms with E-state index in [2.05, 4.69) is 57.2 Å². The van der Waals surface area contributed by atoms with Gasteiger partial charge in [0.2, 0.25) is 0 Å². The molecule has 0 aromatic heterocycles. The van der Waals surface area contributed by atoms with E-state index in [1.807, 2.05) is 0 Å². The van der Waals surface area contributed by atoms with Crippen molar-refractivity contribution in [1.82, 2.24) is 0 Å². The normalized spacial score (nSPS) is 12.2. The summed E-state index contributed by atoms with van der Waals surface area (Å²) in [6.45, 7) is 6.54. The predicted octanol–water partition coefficient (Wildman–Crippen LogP) is 20.8. The summed E-state index contributed by atoms with van der Waals surface area (Å²) in [5.74, 6) is -0.881. The first-order valence-electron chi connectivity index (χ1n) is 31.0. The zero-order valence-corrected chi connectivity index (χ0v) is 47.1. The Hall–Kier alpha value is -2.37. The molecule has 0 saturated carbocycles. The molecule has 0 aromatic carbocycles. The maximum absolute atomic E-state index is 12.7. The molecule has 0 aliphatic heterocycles. The van der Waals surface area contributed by atoms with Crippen LogP contribution in [0.2, 0.25) is 0 Å². The summed E-state index contributed by atoms with van der Waals surface area (Å²) in [6.07, 6.45) is 72.3. The molecule has 0 aromatic rings. The minimum absolute atomic E-state index is 0.0715. The number of carbonyl (C=O) groups is 3. The van der Waals surface area contributed by atoms with Gasteiger partial charge in [0, 0.05) is 19.3 Å². The number of hydrogen-bond donors (Lipinski definition) is 0. The molecule has 6 nitrogen and oxygen atoms in total. The van der Waals surface area contributed by atoms with Gasteiger partial charge in [-0.25, -0.2) is 0 Å². The van der Waals surface area contributed by atoms with Gasteiger partial charge in [0.15, 0.2) is 6.10 Å². The molecule has 0 heterocycles. The van der Waals surface area contributed by atoms with Crippen LogP contribution in [0.15, 0.2) is 36.5 Å². The summed E-state index contributed by atoms with van der Waals surface area (Å²) in [4.78, 5) is 37.7. The fourth-order valence-corrected chi connectivity index (χ4v) is 9.18. The SMILES string of the molecule is CCCCC/C=C\CCCCCCCC(=O)OC(COC(=O)CCCCCCC)COC(=O)CCCCCCCCCCCCCCCCCCCCCCCCC/C=C\C/C=C\CCCCCCC. The van der Waals surface area contributed by atoms with Gasteiger partial charge in [-0.15, -0.1) is 0 Å². The van der Waals surface area contributed by atoms with Crippen molar-refractivity contribution < 1.29 is 28.6 Å². The highest BCUT2D eigenvalue weighted by Gasteiger charge is 2.19. The van der Waals surface area contributed by atoms with Crippen molar-refractivity contribution in [3.63, 3.8) is 0 Å². The molecule has 0 spiro atoms. The van der Waals surface area contributed by atoms with Gasteiger partial charge in [-0.2, -0.15) is 0 Å². The maximum Gasteiger partial charge on any atom is 0.306 e. The van der Waals surface area contributed by atoms with Gasteiger partial charge in [0.05, 0.1) is 0 Å². The number of hydrogen-bond acceptors (Lipinski definition) is 6. The summed E-state index contributed by atoms with van der Waals surface area (Å²) in [5, 5.41) is 0. The van der Waals surface area contributed by atoms with E-state index >= 15 is 0 Å². The van der Waals surface area contributed by atoms with E-state index < -0.39 is 6.10 Å². The van der Waals surface area contributed by atoms with Crippen LogP contribution < -0.4 is 0 Å². The van der Waals surface area contributed by atoms with Crippen molar-refractivity contribution in [3.05, 3.63) is 36.5 Å². The molecule has 0 bridgehead atoms. The van der Waals surface area contributed by atoms with Crippen molar-refractivity contribution in [1.29, 1.82) is 0 Å². The second-order valence-corrected chi connectivity index (χ2v) is 21.0. The first-order chi connectivity index (χ1) is 34.5. The van der Waals surface area contributed by atoms with Crippen molar-refractivity contribution in [2.75, 3.05) is 13.2 Å². The molecule has 0 aliphatic rings. The van der Waals surface area contributed by atoms with Crippen LogP contribution in [0.5, 0.6) is 0 Å². The third-order valence-corrected chi connectivity index (χ3v) is 13.9. The Labute approximate surface area is 435 Å². The highest BCUT2D eigenvalue weighted by molar-refractivity contribution is 5.71. The van der Waals surface area contributed by atoms with Crippen molar-refractivity contribution in [2.24, 2.45) is 0 Å². The number of esters is 3. The number of rotatable bonds is 57. The molecule has 0 N–H and O–H groups in total. The monoisotopic (exact) mass is 983 g/mol. The molecule has 0 rings (SSSR count). The average molecular weight is 984 g/mol. The molecule has 6 heteroatoms. The topological polar surface area (TPSA) is 78.9 Å². The summed E-state index contributed by atoms with van der Waals surface area (Å²) in [7, 11) is 0. The Bertz CT molecular complexity index is 1170. The summed E-state index contributed by atoms with van der Waals surface area (Å²) >= 11 is 0. The highest BCUT2D eigenvalue weighted by Crippen LogP contribution is 2.17. The Morgan fingerprint density at radius 2 is 0.514 bits per heavy atom. The van der Waals surface area contributed by atoms with E-state index in [0.29, 0.717) is 19.3 Å². The molecule has 0 radical (unpaired) electrons. The van der Waals surface area contributed by atoms with Crippen LogP contribution in [-0.2, 0) is 28.6 Å². The molecule has 0 aliphatic carbocycles. The zero-order chi connectivity index (χ0) is 50.7. The van der Waals surface area contributed by atoms with Gasteiger partial charge < -0.3 is 14.2 Å². The van der Waals surface area contributed by atoms with E-state index in [1.54, 1.807) is 0 Å². The van der Waals surface area contributed by atoms with Gasteiger partial charge in [-0.05, 0) is 77.0 Å². The third-order valence-electron chi connectivity index (χ3n) is 13.9. The lowest BCUT2D eigenvalue weighted by molar-refractivity contribution is -0.167. The lowest BCUT2D eigenvalue weighted by Crippen LogP contribution is -2.30. The molecule has 70 heavy (non-hydrogen) atoms. The van der Waals surface area contributed by atoms with E-state index in [0.717, 1.165) is 77.0 Å². The Kier molecular flexibility index (Phi) is 57.2. The maximum atomic E-state index is 12.7. The molecular formula is C64H118O6. The average Bonchev–Trinajstić information content (AvgIpc) is 3.36. The van der Waals surface area contributed by atoms with Gasteiger partial charge in [0.25, 0.3) is 0 Å². The Balaban J connectivity index is 3.81. The number of carbonyl (C=O) groups excluding carboxylic acids is 3. The molecule has 0 fully saturated rings. The molecule has 1 unspecified atom stereocenters. The van der Waals surface area contributed by atoms with Crippen LogP contribution in [0.4, 0.5) is 0 Å². The van der Waals surface area contributed by atoms with E-state index in [-0.39, 0.29) is 31.1 Å². The largest absolute Gasteiger partial charge is 0.462 e. The van der Waals surface area contributed by atoms with E-state index in [9.17, 15) is 14.4 Å². The quantitative estimate of drug-likeness (QED) is 0.0261. The number of ether oxygens (including phenoxy) is 3. The van der Waals surface area contributed by atoms with Crippen molar-refractivity contribution in [3.8, 4) is 0 Å². The fraction of sp³-hybridized carbons (Fsp3) is 0.859. The van der Waals surface area contributed by atoms with Gasteiger partial charge in [-0.1, -0.05) is 276 Å². The van der Waals surface area contributed by atoms with Gasteiger partial charge >= 0.3 is 17.9 Å². The van der Waals surface area contributed by atoms with Crippen LogP contribution in [-0.4, -0.2) is 37.2 Å². The second-order valence-electron chi connectivity index (χ2n) is 21.0. The van der Waals surface area contributed by atoms with E-state index in [4.69, 9.17) is 14.2 Å². The van der Waals surface area contributed by atoms with Crippen molar-refractivity contribution >= 4 is 17.9 Å². The first kappa shape index (κ1) is 67.6.